The van der Waals surface area contributed by atoms with Gasteiger partial charge in [-0.1, -0.05) is 35.6 Å². The van der Waals surface area contributed by atoms with Crippen LogP contribution in [0.5, 0.6) is 0 Å². The molecule has 0 atom stereocenters. The van der Waals surface area contributed by atoms with Crippen molar-refractivity contribution >= 4 is 67.6 Å². The molecule has 2 aromatic heterocycles. The second kappa shape index (κ2) is 9.49. The zero-order valence-corrected chi connectivity index (χ0v) is 21.7. The summed E-state index contributed by atoms with van der Waals surface area (Å²) in [6.45, 7) is 10.1. The Morgan fingerprint density at radius 3 is 2.67 bits per heavy atom. The normalized spacial score (nSPS) is 16.8. The maximum Gasteiger partial charge on any atom is 0.269 e. The molecule has 0 bridgehead atoms. The number of benzene rings is 2. The van der Waals surface area contributed by atoms with E-state index in [0.717, 1.165) is 34.6 Å². The summed E-state index contributed by atoms with van der Waals surface area (Å²) >= 11 is 5.27. The molecular weight excluding hydrogens is 467 g/mol. The number of hydrogen-bond donors (Lipinski definition) is 0. The molecule has 1 fully saturated rings. The van der Waals surface area contributed by atoms with Crippen LogP contribution in [-0.4, -0.2) is 28.3 Å². The fraction of sp³-hybridized carbons (Fsp3) is 0.308. The first-order valence-corrected chi connectivity index (χ1v) is 14.1. The third-order valence-electron chi connectivity index (χ3n) is 6.12. The molecule has 1 aliphatic heterocycles. The van der Waals surface area contributed by atoms with Crippen molar-refractivity contribution in [2.45, 2.75) is 33.9 Å². The number of rotatable bonds is 5. The third kappa shape index (κ3) is 4.07. The van der Waals surface area contributed by atoms with Gasteiger partial charge >= 0.3 is 0 Å². The first kappa shape index (κ1) is 22.4. The van der Waals surface area contributed by atoms with Gasteiger partial charge in [0.25, 0.3) is 10.6 Å². The molecule has 33 heavy (non-hydrogen) atoms. The molecule has 3 heterocycles. The molecule has 4 nitrogen and oxygen atoms in total. The standard InChI is InChI=1S/C26H28N3OS3/c1-4-27-15-16-31-22(27)14-13-21-26(30)29(6-3)24(32-21)17-23-28(5-2)20-12-11-18-9-7-8-10-19(18)25(20)33-23/h7-14,17H,4-6,15-16H2,1-3H3/q+1. The molecule has 0 radical (unpaired) electrons. The molecule has 1 saturated heterocycles. The van der Waals surface area contributed by atoms with Crippen molar-refractivity contribution in [1.29, 1.82) is 0 Å². The number of thiazole rings is 2. The highest BCUT2D eigenvalue weighted by molar-refractivity contribution is 8.03. The van der Waals surface area contributed by atoms with Crippen LogP contribution in [0.25, 0.3) is 33.1 Å². The average Bonchev–Trinajstić information content (AvgIpc) is 3.52. The predicted octanol–water partition coefficient (Wildman–Crippen LogP) is 4.12. The summed E-state index contributed by atoms with van der Waals surface area (Å²) in [7, 11) is 0. The number of allylic oxidation sites excluding steroid dienone is 1. The number of aryl methyl sites for hydroxylation is 1. The zero-order chi connectivity index (χ0) is 22.9. The molecule has 2 aromatic carbocycles. The van der Waals surface area contributed by atoms with E-state index in [2.05, 4.69) is 71.9 Å². The Balaban J connectivity index is 1.68. The van der Waals surface area contributed by atoms with Gasteiger partial charge in [0.05, 0.1) is 15.6 Å². The highest BCUT2D eigenvalue weighted by atomic mass is 32.2. The lowest BCUT2D eigenvalue weighted by atomic mass is 10.1. The van der Waals surface area contributed by atoms with E-state index in [1.165, 1.54) is 31.0 Å². The van der Waals surface area contributed by atoms with Crippen molar-refractivity contribution in [2.75, 3.05) is 18.8 Å². The average molecular weight is 495 g/mol. The van der Waals surface area contributed by atoms with E-state index < -0.39 is 0 Å². The van der Waals surface area contributed by atoms with E-state index in [-0.39, 0.29) is 5.56 Å². The van der Waals surface area contributed by atoms with Gasteiger partial charge in [0.2, 0.25) is 5.52 Å². The maximum atomic E-state index is 13.1. The van der Waals surface area contributed by atoms with Crippen molar-refractivity contribution in [3.05, 3.63) is 72.1 Å². The maximum absolute atomic E-state index is 13.1. The Bertz CT molecular complexity index is 1540. The van der Waals surface area contributed by atoms with Crippen LogP contribution in [0.15, 0.2) is 52.3 Å². The van der Waals surface area contributed by atoms with Crippen LogP contribution in [0.3, 0.4) is 0 Å². The topological polar surface area (TPSA) is 29.1 Å². The van der Waals surface area contributed by atoms with E-state index in [4.69, 9.17) is 0 Å². The van der Waals surface area contributed by atoms with Crippen molar-refractivity contribution in [3.8, 4) is 0 Å². The number of fused-ring (bicyclic) bond motifs is 3. The first-order valence-electron chi connectivity index (χ1n) is 11.5. The summed E-state index contributed by atoms with van der Waals surface area (Å²) < 4.78 is 7.37. The van der Waals surface area contributed by atoms with E-state index >= 15 is 0 Å². The van der Waals surface area contributed by atoms with Gasteiger partial charge in [-0.05, 0) is 44.4 Å². The van der Waals surface area contributed by atoms with Gasteiger partial charge in [0, 0.05) is 36.8 Å². The van der Waals surface area contributed by atoms with Crippen molar-refractivity contribution in [1.82, 2.24) is 9.47 Å². The minimum atomic E-state index is 0.103. The van der Waals surface area contributed by atoms with Crippen LogP contribution in [0, 0.1) is 0 Å². The molecule has 0 spiro atoms. The number of hydrogen-bond acceptors (Lipinski definition) is 5. The van der Waals surface area contributed by atoms with Crippen LogP contribution in [0.4, 0.5) is 0 Å². The molecule has 0 aliphatic carbocycles. The summed E-state index contributed by atoms with van der Waals surface area (Å²) in [4.78, 5) is 15.5. The van der Waals surface area contributed by atoms with Gasteiger partial charge in [-0.25, -0.2) is 0 Å². The lowest BCUT2D eigenvalue weighted by Crippen LogP contribution is -2.35. The molecule has 5 rings (SSSR count). The van der Waals surface area contributed by atoms with Crippen LogP contribution in [0.2, 0.25) is 0 Å². The summed E-state index contributed by atoms with van der Waals surface area (Å²) in [5.74, 6) is 1.12. The smallest absolute Gasteiger partial charge is 0.269 e. The fourth-order valence-corrected chi connectivity index (χ4v) is 7.91. The molecular formula is C26H28N3OS3+. The highest BCUT2D eigenvalue weighted by Crippen LogP contribution is 2.30. The minimum Gasteiger partial charge on any atom is -0.366 e. The van der Waals surface area contributed by atoms with Gasteiger partial charge in [0.1, 0.15) is 15.9 Å². The monoisotopic (exact) mass is 494 g/mol. The molecule has 7 heteroatoms. The third-order valence-corrected chi connectivity index (χ3v) is 9.46. The summed E-state index contributed by atoms with van der Waals surface area (Å²) in [6.07, 6.45) is 6.33. The van der Waals surface area contributed by atoms with E-state index in [1.807, 2.05) is 40.7 Å². The Labute approximate surface area is 205 Å². The fourth-order valence-electron chi connectivity index (χ4n) is 4.40. The number of thioether (sulfide) groups is 1. The molecule has 0 N–H and O–H groups in total. The van der Waals surface area contributed by atoms with Crippen molar-refractivity contribution < 1.29 is 4.57 Å². The van der Waals surface area contributed by atoms with Crippen LogP contribution >= 0.6 is 34.4 Å². The SMILES string of the molecule is CCN1CCSC1=CC=c1sc(=Cc2sc3c4ccccc4ccc3[n+]2CC)n(CC)c1=O. The predicted molar refractivity (Wildman–Crippen MR) is 145 cm³/mol. The lowest BCUT2D eigenvalue weighted by molar-refractivity contribution is -0.665. The van der Waals surface area contributed by atoms with Gasteiger partial charge in [0.15, 0.2) is 0 Å². The molecule has 1 aliphatic rings. The van der Waals surface area contributed by atoms with Crippen LogP contribution in [0.1, 0.15) is 25.8 Å². The summed E-state index contributed by atoms with van der Waals surface area (Å²) in [5, 5.41) is 4.99. The van der Waals surface area contributed by atoms with Gasteiger partial charge in [-0.2, -0.15) is 4.57 Å². The number of nitrogens with zero attached hydrogens (tertiary/aromatic N) is 3. The second-order valence-electron chi connectivity index (χ2n) is 7.92. The van der Waals surface area contributed by atoms with E-state index in [0.29, 0.717) is 6.54 Å². The van der Waals surface area contributed by atoms with E-state index in [9.17, 15) is 4.79 Å². The van der Waals surface area contributed by atoms with Crippen LogP contribution in [-0.2, 0) is 13.1 Å². The molecule has 0 amide bonds. The van der Waals surface area contributed by atoms with Gasteiger partial charge in [-0.15, -0.1) is 23.1 Å². The molecule has 0 unspecified atom stereocenters. The first-order chi connectivity index (χ1) is 16.1. The zero-order valence-electron chi connectivity index (χ0n) is 19.2. The minimum absolute atomic E-state index is 0.103. The molecule has 170 valence electrons. The second-order valence-corrected chi connectivity index (χ2v) is 11.1. The Hall–Kier alpha value is -2.35. The Morgan fingerprint density at radius 2 is 1.88 bits per heavy atom. The summed E-state index contributed by atoms with van der Waals surface area (Å²) in [5.41, 5.74) is 1.36. The van der Waals surface area contributed by atoms with Gasteiger partial charge in [-0.3, -0.25) is 9.36 Å². The summed E-state index contributed by atoms with van der Waals surface area (Å²) in [6, 6.07) is 13.0. The lowest BCUT2D eigenvalue weighted by Gasteiger charge is -2.14. The highest BCUT2D eigenvalue weighted by Gasteiger charge is 2.20. The molecule has 0 saturated carbocycles. The van der Waals surface area contributed by atoms with Crippen LogP contribution < -0.4 is 19.3 Å². The Morgan fingerprint density at radius 1 is 1.03 bits per heavy atom. The van der Waals surface area contributed by atoms with Crippen molar-refractivity contribution in [3.63, 3.8) is 0 Å². The largest absolute Gasteiger partial charge is 0.366 e. The van der Waals surface area contributed by atoms with E-state index in [1.54, 1.807) is 11.3 Å². The van der Waals surface area contributed by atoms with Crippen molar-refractivity contribution in [2.24, 2.45) is 0 Å². The quantitative estimate of drug-likeness (QED) is 0.391. The Kier molecular flexibility index (Phi) is 6.45. The van der Waals surface area contributed by atoms with Gasteiger partial charge < -0.3 is 4.90 Å². The number of aromatic nitrogens is 2. The molecule has 4 aromatic rings.